The number of aryl methyl sites for hydroxylation is 3. The van der Waals surface area contributed by atoms with Crippen LogP contribution in [-0.2, 0) is 19.1 Å². The van der Waals surface area contributed by atoms with Crippen LogP contribution >= 0.6 is 0 Å². The molecule has 4 atom stereocenters. The van der Waals surface area contributed by atoms with Gasteiger partial charge in [-0.25, -0.2) is 0 Å². The normalized spacial score (nSPS) is 27.5. The van der Waals surface area contributed by atoms with Crippen molar-refractivity contribution in [3.05, 3.63) is 46.5 Å². The van der Waals surface area contributed by atoms with Crippen molar-refractivity contribution in [3.63, 3.8) is 0 Å². The quantitative estimate of drug-likeness (QED) is 0.338. The third kappa shape index (κ3) is 2.87. The maximum atomic E-state index is 12.6. The lowest BCUT2D eigenvalue weighted by Crippen LogP contribution is -2.38. The third-order valence-corrected chi connectivity index (χ3v) is 6.17. The minimum Gasteiger partial charge on any atom is -0.456 e. The Morgan fingerprint density at radius 3 is 2.07 bits per heavy atom. The summed E-state index contributed by atoms with van der Waals surface area (Å²) in [5.41, 5.74) is 3.27. The number of hydrogen-bond donors (Lipinski definition) is 0. The van der Waals surface area contributed by atoms with Crippen molar-refractivity contribution in [1.29, 1.82) is 0 Å². The highest BCUT2D eigenvalue weighted by atomic mass is 16.5. The topological polar surface area (TPSA) is 80.8 Å². The van der Waals surface area contributed by atoms with Crippen molar-refractivity contribution in [2.75, 3.05) is 13.2 Å². The number of Topliss-reactive ketones (excluding diaryl/α,β-unsaturated/α-hetero) is 1. The molecule has 3 aliphatic rings. The van der Waals surface area contributed by atoms with E-state index in [0.717, 1.165) is 28.0 Å². The van der Waals surface area contributed by atoms with Gasteiger partial charge in [0, 0.05) is 5.56 Å². The highest BCUT2D eigenvalue weighted by Crippen LogP contribution is 2.52. The summed E-state index contributed by atoms with van der Waals surface area (Å²) in [5.74, 6) is -2.09. The number of likely N-dealkylation sites (tertiary alicyclic amines) is 1. The Bertz CT molecular complexity index is 878. The van der Waals surface area contributed by atoms with Crippen LogP contribution in [0, 0.1) is 44.4 Å². The first-order valence-electron chi connectivity index (χ1n) is 9.58. The minimum absolute atomic E-state index is 0.0986. The van der Waals surface area contributed by atoms with E-state index >= 15 is 0 Å². The Morgan fingerprint density at radius 1 is 1.00 bits per heavy atom. The number of rotatable bonds is 5. The van der Waals surface area contributed by atoms with Gasteiger partial charge < -0.3 is 4.74 Å². The van der Waals surface area contributed by atoms with E-state index in [2.05, 4.69) is 0 Å². The molecule has 1 saturated carbocycles. The van der Waals surface area contributed by atoms with Crippen LogP contribution < -0.4 is 0 Å². The zero-order chi connectivity index (χ0) is 20.2. The van der Waals surface area contributed by atoms with E-state index in [1.165, 1.54) is 0 Å². The number of benzene rings is 1. The first kappa shape index (κ1) is 18.6. The molecule has 1 aromatic rings. The molecule has 146 valence electrons. The fourth-order valence-corrected chi connectivity index (χ4v) is 5.13. The summed E-state index contributed by atoms with van der Waals surface area (Å²) in [7, 11) is 0. The van der Waals surface area contributed by atoms with E-state index in [1.807, 2.05) is 45.1 Å². The lowest BCUT2D eigenvalue weighted by atomic mass is 9.85. The monoisotopic (exact) mass is 381 g/mol. The molecule has 6 nitrogen and oxygen atoms in total. The van der Waals surface area contributed by atoms with E-state index in [1.54, 1.807) is 0 Å². The zero-order valence-electron chi connectivity index (χ0n) is 16.2. The van der Waals surface area contributed by atoms with Crippen molar-refractivity contribution in [1.82, 2.24) is 4.90 Å². The molecule has 1 heterocycles. The Morgan fingerprint density at radius 2 is 1.54 bits per heavy atom. The van der Waals surface area contributed by atoms with Gasteiger partial charge in [-0.2, -0.15) is 0 Å². The van der Waals surface area contributed by atoms with Crippen LogP contribution in [0.15, 0.2) is 24.3 Å². The summed E-state index contributed by atoms with van der Waals surface area (Å²) in [6.07, 6.45) is 4.85. The van der Waals surface area contributed by atoms with Gasteiger partial charge in [0.15, 0.2) is 6.61 Å². The van der Waals surface area contributed by atoms with Crippen molar-refractivity contribution < 1.29 is 23.9 Å². The molecule has 1 aromatic carbocycles. The SMILES string of the molecule is Cc1cc(C)c(C(=O)COC(=O)CN2C(=O)C3C4C=CC(C4)C3C2=O)c(C)c1. The lowest BCUT2D eigenvalue weighted by Gasteiger charge is -2.16. The second kappa shape index (κ2) is 6.69. The Hall–Kier alpha value is -2.76. The number of carbonyl (C=O) groups excluding carboxylic acids is 4. The first-order valence-corrected chi connectivity index (χ1v) is 9.58. The maximum Gasteiger partial charge on any atom is 0.326 e. The molecule has 0 spiro atoms. The van der Waals surface area contributed by atoms with Crippen LogP contribution in [0.2, 0.25) is 0 Å². The number of allylic oxidation sites excluding steroid dienone is 2. The summed E-state index contributed by atoms with van der Waals surface area (Å²) in [6, 6.07) is 3.81. The van der Waals surface area contributed by atoms with E-state index in [4.69, 9.17) is 4.74 Å². The largest absolute Gasteiger partial charge is 0.456 e. The summed E-state index contributed by atoms with van der Waals surface area (Å²) in [5, 5.41) is 0. The minimum atomic E-state index is -0.738. The standard InChI is InChI=1S/C22H23NO5/c1-11-6-12(2)18(13(3)7-11)16(24)10-28-17(25)9-23-21(26)19-14-4-5-15(8-14)20(19)22(23)27/h4-7,14-15,19-20H,8-10H2,1-3H3. The van der Waals surface area contributed by atoms with Gasteiger partial charge in [-0.15, -0.1) is 0 Å². The number of nitrogens with zero attached hydrogens (tertiary/aromatic N) is 1. The molecule has 2 aliphatic carbocycles. The molecule has 2 fully saturated rings. The number of esters is 1. The Kier molecular flexibility index (Phi) is 4.44. The van der Waals surface area contributed by atoms with E-state index in [-0.39, 0.29) is 41.3 Å². The lowest BCUT2D eigenvalue weighted by molar-refractivity contribution is -0.152. The van der Waals surface area contributed by atoms with Gasteiger partial charge in [0.2, 0.25) is 17.6 Å². The predicted octanol–water partition coefficient (Wildman–Crippen LogP) is 2.14. The van der Waals surface area contributed by atoms with Gasteiger partial charge >= 0.3 is 5.97 Å². The second-order valence-corrected chi connectivity index (χ2v) is 8.12. The predicted molar refractivity (Wildman–Crippen MR) is 100 cm³/mol. The smallest absolute Gasteiger partial charge is 0.326 e. The fourth-order valence-electron chi connectivity index (χ4n) is 5.13. The summed E-state index contributed by atoms with van der Waals surface area (Å²) in [6.45, 7) is 4.81. The van der Waals surface area contributed by atoms with Gasteiger partial charge in [-0.1, -0.05) is 29.8 Å². The first-order chi connectivity index (χ1) is 13.3. The molecular formula is C22H23NO5. The molecule has 1 aliphatic heterocycles. The van der Waals surface area contributed by atoms with Crippen molar-refractivity contribution in [3.8, 4) is 0 Å². The number of ketones is 1. The average Bonchev–Trinajstić information content (AvgIpc) is 3.29. The summed E-state index contributed by atoms with van der Waals surface area (Å²) >= 11 is 0. The van der Waals surface area contributed by atoms with E-state index in [0.29, 0.717) is 5.56 Å². The summed E-state index contributed by atoms with van der Waals surface area (Å²) < 4.78 is 5.10. The van der Waals surface area contributed by atoms with E-state index in [9.17, 15) is 19.2 Å². The summed E-state index contributed by atoms with van der Waals surface area (Å²) in [4.78, 5) is 50.9. The molecule has 0 N–H and O–H groups in total. The van der Waals surface area contributed by atoms with Gasteiger partial charge in [-0.05, 0) is 50.2 Å². The number of hydrogen-bond acceptors (Lipinski definition) is 5. The molecule has 1 saturated heterocycles. The third-order valence-electron chi connectivity index (χ3n) is 6.17. The number of imide groups is 1. The molecule has 0 aromatic heterocycles. The highest BCUT2D eigenvalue weighted by molar-refractivity contribution is 6.08. The number of ether oxygens (including phenoxy) is 1. The van der Waals surface area contributed by atoms with Crippen LogP contribution in [0.1, 0.15) is 33.5 Å². The number of amides is 2. The van der Waals surface area contributed by atoms with Crippen LogP contribution in [0.4, 0.5) is 0 Å². The molecular weight excluding hydrogens is 358 g/mol. The highest BCUT2D eigenvalue weighted by Gasteiger charge is 2.59. The molecule has 4 unspecified atom stereocenters. The van der Waals surface area contributed by atoms with Crippen molar-refractivity contribution in [2.45, 2.75) is 27.2 Å². The molecule has 2 amide bonds. The molecule has 6 heteroatoms. The van der Waals surface area contributed by atoms with Gasteiger partial charge in [0.05, 0.1) is 11.8 Å². The van der Waals surface area contributed by atoms with Gasteiger partial charge in [-0.3, -0.25) is 24.1 Å². The van der Waals surface area contributed by atoms with Gasteiger partial charge in [0.1, 0.15) is 6.54 Å². The Balaban J connectivity index is 1.37. The number of fused-ring (bicyclic) bond motifs is 5. The van der Waals surface area contributed by atoms with Crippen molar-refractivity contribution >= 4 is 23.6 Å². The molecule has 0 radical (unpaired) electrons. The zero-order valence-corrected chi connectivity index (χ0v) is 16.2. The van der Waals surface area contributed by atoms with Gasteiger partial charge in [0.25, 0.3) is 0 Å². The Labute approximate surface area is 163 Å². The van der Waals surface area contributed by atoms with Crippen LogP contribution in [0.25, 0.3) is 0 Å². The molecule has 28 heavy (non-hydrogen) atoms. The van der Waals surface area contributed by atoms with Crippen molar-refractivity contribution in [2.24, 2.45) is 23.7 Å². The number of carbonyl (C=O) groups is 4. The van der Waals surface area contributed by atoms with Crippen LogP contribution in [0.5, 0.6) is 0 Å². The van der Waals surface area contributed by atoms with E-state index < -0.39 is 19.1 Å². The fraction of sp³-hybridized carbons (Fsp3) is 0.455. The average molecular weight is 381 g/mol. The molecule has 4 rings (SSSR count). The van der Waals surface area contributed by atoms with Crippen LogP contribution in [0.3, 0.4) is 0 Å². The second-order valence-electron chi connectivity index (χ2n) is 8.12. The van der Waals surface area contributed by atoms with Crippen LogP contribution in [-0.4, -0.2) is 41.6 Å². The molecule has 2 bridgehead atoms. The maximum absolute atomic E-state index is 12.6.